The monoisotopic (exact) mass is 244 g/mol. The molecule has 1 aromatic carbocycles. The van der Waals surface area contributed by atoms with Crippen LogP contribution in [-0.4, -0.2) is 14.8 Å². The van der Waals surface area contributed by atoms with Gasteiger partial charge in [0, 0.05) is 12.6 Å². The van der Waals surface area contributed by atoms with E-state index in [1.165, 1.54) is 0 Å². The predicted octanol–water partition coefficient (Wildman–Crippen LogP) is 2.46. The van der Waals surface area contributed by atoms with Crippen LogP contribution < -0.4 is 5.73 Å². The lowest BCUT2D eigenvalue weighted by molar-refractivity contribution is 0.370. The molecule has 2 aromatic rings. The van der Waals surface area contributed by atoms with Gasteiger partial charge in [-0.1, -0.05) is 44.2 Å². The third-order valence-corrected chi connectivity index (χ3v) is 3.50. The van der Waals surface area contributed by atoms with Gasteiger partial charge in [-0.2, -0.15) is 5.10 Å². The van der Waals surface area contributed by atoms with E-state index in [1.807, 2.05) is 37.4 Å². The van der Waals surface area contributed by atoms with Crippen molar-refractivity contribution in [3.8, 4) is 11.4 Å². The van der Waals surface area contributed by atoms with Crippen LogP contribution in [0.1, 0.15) is 32.5 Å². The van der Waals surface area contributed by atoms with Gasteiger partial charge in [-0.15, -0.1) is 0 Å². The van der Waals surface area contributed by atoms with Crippen LogP contribution in [0.25, 0.3) is 11.4 Å². The first kappa shape index (κ1) is 12.8. The van der Waals surface area contributed by atoms with Crippen LogP contribution in [-0.2, 0) is 12.6 Å². The maximum absolute atomic E-state index is 6.39. The topological polar surface area (TPSA) is 56.7 Å². The summed E-state index contributed by atoms with van der Waals surface area (Å²) in [6, 6.07) is 9.98. The molecule has 0 amide bonds. The van der Waals surface area contributed by atoms with Crippen LogP contribution in [0.2, 0.25) is 0 Å². The molecule has 2 rings (SSSR count). The number of aryl methyl sites for hydroxylation is 1. The molecule has 0 bridgehead atoms. The summed E-state index contributed by atoms with van der Waals surface area (Å²) in [6.45, 7) is 4.17. The fourth-order valence-corrected chi connectivity index (χ4v) is 2.09. The second-order valence-corrected chi connectivity index (χ2v) is 4.61. The van der Waals surface area contributed by atoms with Crippen molar-refractivity contribution in [3.63, 3.8) is 0 Å². The first-order valence-corrected chi connectivity index (χ1v) is 6.36. The van der Waals surface area contributed by atoms with Crippen LogP contribution in [0.3, 0.4) is 0 Å². The molecule has 18 heavy (non-hydrogen) atoms. The summed E-state index contributed by atoms with van der Waals surface area (Å²) < 4.78 is 1.80. The minimum Gasteiger partial charge on any atom is -0.319 e. The number of nitrogens with zero attached hydrogens (tertiary/aromatic N) is 3. The van der Waals surface area contributed by atoms with Crippen molar-refractivity contribution in [2.75, 3.05) is 0 Å². The molecule has 0 aliphatic heterocycles. The van der Waals surface area contributed by atoms with Crippen molar-refractivity contribution >= 4 is 0 Å². The minimum absolute atomic E-state index is 0.394. The molecule has 0 atom stereocenters. The lowest BCUT2D eigenvalue weighted by Crippen LogP contribution is -2.38. The van der Waals surface area contributed by atoms with E-state index < -0.39 is 5.54 Å². The maximum Gasteiger partial charge on any atom is 0.181 e. The summed E-state index contributed by atoms with van der Waals surface area (Å²) in [4.78, 5) is 4.62. The summed E-state index contributed by atoms with van der Waals surface area (Å²) >= 11 is 0. The predicted molar refractivity (Wildman–Crippen MR) is 72.9 cm³/mol. The molecule has 4 nitrogen and oxygen atoms in total. The zero-order chi connectivity index (χ0) is 13.2. The molecule has 0 aliphatic rings. The van der Waals surface area contributed by atoms with E-state index in [1.54, 1.807) is 4.68 Å². The Morgan fingerprint density at radius 3 is 2.33 bits per heavy atom. The van der Waals surface area contributed by atoms with E-state index >= 15 is 0 Å². The van der Waals surface area contributed by atoms with Crippen molar-refractivity contribution in [1.29, 1.82) is 0 Å². The average Bonchev–Trinajstić information content (AvgIpc) is 2.81. The molecule has 0 saturated heterocycles. The molecule has 96 valence electrons. The Morgan fingerprint density at radius 1 is 1.17 bits per heavy atom. The molecule has 0 spiro atoms. The Labute approximate surface area is 108 Å². The number of rotatable bonds is 4. The molecular formula is C14H20N4. The smallest absolute Gasteiger partial charge is 0.181 e. The maximum atomic E-state index is 6.39. The molecule has 0 aliphatic carbocycles. The second kappa shape index (κ2) is 4.90. The third kappa shape index (κ3) is 2.16. The van der Waals surface area contributed by atoms with Crippen LogP contribution in [0.5, 0.6) is 0 Å². The highest BCUT2D eigenvalue weighted by molar-refractivity contribution is 5.54. The highest BCUT2D eigenvalue weighted by Crippen LogP contribution is 2.25. The van der Waals surface area contributed by atoms with Gasteiger partial charge in [0.1, 0.15) is 5.82 Å². The van der Waals surface area contributed by atoms with Gasteiger partial charge in [0.2, 0.25) is 0 Å². The van der Waals surface area contributed by atoms with E-state index in [2.05, 4.69) is 23.9 Å². The molecular weight excluding hydrogens is 224 g/mol. The van der Waals surface area contributed by atoms with Crippen molar-refractivity contribution in [2.24, 2.45) is 12.8 Å². The van der Waals surface area contributed by atoms with E-state index in [9.17, 15) is 0 Å². The van der Waals surface area contributed by atoms with Crippen molar-refractivity contribution in [2.45, 2.75) is 32.2 Å². The Balaban J connectivity index is 2.45. The molecule has 0 saturated carbocycles. The quantitative estimate of drug-likeness (QED) is 0.898. The van der Waals surface area contributed by atoms with Gasteiger partial charge in [-0.25, -0.2) is 4.98 Å². The van der Waals surface area contributed by atoms with Crippen LogP contribution in [0.4, 0.5) is 0 Å². The van der Waals surface area contributed by atoms with Crippen LogP contribution >= 0.6 is 0 Å². The lowest BCUT2D eigenvalue weighted by atomic mass is 9.93. The molecule has 2 N–H and O–H groups in total. The molecule has 0 unspecified atom stereocenters. The van der Waals surface area contributed by atoms with Gasteiger partial charge in [0.25, 0.3) is 0 Å². The van der Waals surface area contributed by atoms with Crippen molar-refractivity contribution in [3.05, 3.63) is 36.2 Å². The number of benzene rings is 1. The first-order valence-electron chi connectivity index (χ1n) is 6.36. The standard InChI is InChI=1S/C14H20N4/c1-4-14(15,5-2)13-16-12(17-18(13)3)11-9-7-6-8-10-11/h6-10H,4-5,15H2,1-3H3. The van der Waals surface area contributed by atoms with Gasteiger partial charge in [-0.05, 0) is 12.8 Å². The zero-order valence-electron chi connectivity index (χ0n) is 11.2. The van der Waals surface area contributed by atoms with Gasteiger partial charge < -0.3 is 5.73 Å². The second-order valence-electron chi connectivity index (χ2n) is 4.61. The summed E-state index contributed by atoms with van der Waals surface area (Å²) in [5, 5.41) is 4.47. The fourth-order valence-electron chi connectivity index (χ4n) is 2.09. The summed E-state index contributed by atoms with van der Waals surface area (Å²) in [5.74, 6) is 1.59. The van der Waals surface area contributed by atoms with E-state index in [4.69, 9.17) is 5.73 Å². The fraction of sp³-hybridized carbons (Fsp3) is 0.429. The number of hydrogen-bond donors (Lipinski definition) is 1. The summed E-state index contributed by atoms with van der Waals surface area (Å²) in [6.07, 6.45) is 1.70. The highest BCUT2D eigenvalue weighted by atomic mass is 15.3. The van der Waals surface area contributed by atoms with Crippen LogP contribution in [0, 0.1) is 0 Å². The number of hydrogen-bond acceptors (Lipinski definition) is 3. The largest absolute Gasteiger partial charge is 0.319 e. The highest BCUT2D eigenvalue weighted by Gasteiger charge is 2.29. The molecule has 0 fully saturated rings. The SMILES string of the molecule is CCC(N)(CC)c1nc(-c2ccccc2)nn1C. The minimum atomic E-state index is -0.394. The average molecular weight is 244 g/mol. The van der Waals surface area contributed by atoms with Gasteiger partial charge in [-0.3, -0.25) is 4.68 Å². The van der Waals surface area contributed by atoms with Gasteiger partial charge in [0.15, 0.2) is 5.82 Å². The lowest BCUT2D eigenvalue weighted by Gasteiger charge is -2.24. The molecule has 1 heterocycles. The zero-order valence-corrected chi connectivity index (χ0v) is 11.2. The first-order chi connectivity index (χ1) is 8.60. The van der Waals surface area contributed by atoms with E-state index in [0.29, 0.717) is 0 Å². The van der Waals surface area contributed by atoms with Gasteiger partial charge in [0.05, 0.1) is 5.54 Å². The number of aromatic nitrogens is 3. The Morgan fingerprint density at radius 2 is 1.78 bits per heavy atom. The van der Waals surface area contributed by atoms with Crippen molar-refractivity contribution < 1.29 is 0 Å². The third-order valence-electron chi connectivity index (χ3n) is 3.50. The normalized spacial score (nSPS) is 11.8. The molecule has 4 heteroatoms. The van der Waals surface area contributed by atoms with E-state index in [0.717, 1.165) is 30.1 Å². The van der Waals surface area contributed by atoms with Crippen LogP contribution in [0.15, 0.2) is 30.3 Å². The summed E-state index contributed by atoms with van der Waals surface area (Å²) in [7, 11) is 1.90. The summed E-state index contributed by atoms with van der Waals surface area (Å²) in [5.41, 5.74) is 7.01. The number of nitrogens with two attached hydrogens (primary N) is 1. The van der Waals surface area contributed by atoms with E-state index in [-0.39, 0.29) is 0 Å². The molecule has 1 aromatic heterocycles. The van der Waals surface area contributed by atoms with Crippen molar-refractivity contribution in [1.82, 2.24) is 14.8 Å². The Hall–Kier alpha value is -1.68. The molecule has 0 radical (unpaired) electrons. The Bertz CT molecular complexity index is 512. The van der Waals surface area contributed by atoms with Gasteiger partial charge >= 0.3 is 0 Å². The Kier molecular flexibility index (Phi) is 3.48.